The first-order chi connectivity index (χ1) is 7.13. The van der Waals surface area contributed by atoms with Crippen LogP contribution in [0.5, 0.6) is 0 Å². The van der Waals surface area contributed by atoms with Gasteiger partial charge in [0.05, 0.1) is 5.92 Å². The first-order valence-corrected chi connectivity index (χ1v) is 5.36. The van der Waals surface area contributed by atoms with Gasteiger partial charge in [-0.15, -0.1) is 0 Å². The molecule has 0 saturated carbocycles. The van der Waals surface area contributed by atoms with Gasteiger partial charge in [0.2, 0.25) is 0 Å². The van der Waals surface area contributed by atoms with Crippen LogP contribution in [0, 0.1) is 5.92 Å². The Bertz CT molecular complexity index is 437. The van der Waals surface area contributed by atoms with Crippen molar-refractivity contribution in [1.82, 2.24) is 0 Å². The second kappa shape index (κ2) is 3.78. The van der Waals surface area contributed by atoms with Gasteiger partial charge in [-0.05, 0) is 30.2 Å². The van der Waals surface area contributed by atoms with Gasteiger partial charge in [0.15, 0.2) is 5.78 Å². The number of ketones is 2. The lowest BCUT2D eigenvalue weighted by Gasteiger charge is -2.02. The van der Waals surface area contributed by atoms with Crippen LogP contribution in [0.3, 0.4) is 0 Å². The SMILES string of the molecule is CCC(=O)C1Cc2cc(Cl)ccc2C1=O. The standard InChI is InChI=1S/C12H11ClO2/c1-2-11(14)10-6-7-5-8(13)3-4-9(7)12(10)15/h3-5,10H,2,6H2,1H3. The monoisotopic (exact) mass is 222 g/mol. The molecular formula is C12H11ClO2. The fraction of sp³-hybridized carbons (Fsp3) is 0.333. The third kappa shape index (κ3) is 1.70. The number of fused-ring (bicyclic) bond motifs is 1. The maximum Gasteiger partial charge on any atom is 0.173 e. The average Bonchev–Trinajstić information content (AvgIpc) is 2.54. The van der Waals surface area contributed by atoms with Crippen LogP contribution in [-0.2, 0) is 11.2 Å². The smallest absolute Gasteiger partial charge is 0.173 e. The molecule has 1 aliphatic rings. The summed E-state index contributed by atoms with van der Waals surface area (Å²) in [6.07, 6.45) is 0.930. The number of carbonyl (C=O) groups excluding carboxylic acids is 2. The van der Waals surface area contributed by atoms with Gasteiger partial charge in [-0.3, -0.25) is 9.59 Å². The van der Waals surface area contributed by atoms with Crippen molar-refractivity contribution in [2.24, 2.45) is 5.92 Å². The van der Waals surface area contributed by atoms with E-state index in [0.717, 1.165) is 5.56 Å². The van der Waals surface area contributed by atoms with E-state index in [9.17, 15) is 9.59 Å². The van der Waals surface area contributed by atoms with Gasteiger partial charge in [0.25, 0.3) is 0 Å². The quantitative estimate of drug-likeness (QED) is 0.721. The van der Waals surface area contributed by atoms with Crippen molar-refractivity contribution in [3.63, 3.8) is 0 Å². The first kappa shape index (κ1) is 10.4. The molecule has 2 nitrogen and oxygen atoms in total. The van der Waals surface area contributed by atoms with E-state index < -0.39 is 5.92 Å². The molecule has 1 aromatic rings. The van der Waals surface area contributed by atoms with Gasteiger partial charge in [-0.25, -0.2) is 0 Å². The van der Waals surface area contributed by atoms with Crippen molar-refractivity contribution in [3.05, 3.63) is 34.3 Å². The maximum absolute atomic E-state index is 11.8. The molecule has 0 N–H and O–H groups in total. The van der Waals surface area contributed by atoms with Gasteiger partial charge < -0.3 is 0 Å². The van der Waals surface area contributed by atoms with Gasteiger partial charge in [-0.2, -0.15) is 0 Å². The Balaban J connectivity index is 2.37. The van der Waals surface area contributed by atoms with E-state index in [1.165, 1.54) is 0 Å². The van der Waals surface area contributed by atoms with Crippen LogP contribution in [0.15, 0.2) is 18.2 Å². The number of carbonyl (C=O) groups is 2. The zero-order valence-electron chi connectivity index (χ0n) is 8.42. The van der Waals surface area contributed by atoms with Gasteiger partial charge in [0.1, 0.15) is 5.78 Å². The summed E-state index contributed by atoms with van der Waals surface area (Å²) in [4.78, 5) is 23.4. The second-order valence-electron chi connectivity index (χ2n) is 3.74. The van der Waals surface area contributed by atoms with Crippen LogP contribution in [0.1, 0.15) is 29.3 Å². The summed E-state index contributed by atoms with van der Waals surface area (Å²) in [6.45, 7) is 1.78. The number of hydrogen-bond acceptors (Lipinski definition) is 2. The van der Waals surface area contributed by atoms with Crippen molar-refractivity contribution in [1.29, 1.82) is 0 Å². The fourth-order valence-electron chi connectivity index (χ4n) is 1.98. The van der Waals surface area contributed by atoms with Crippen LogP contribution < -0.4 is 0 Å². The van der Waals surface area contributed by atoms with E-state index in [1.807, 2.05) is 0 Å². The Morgan fingerprint density at radius 3 is 2.93 bits per heavy atom. The highest BCUT2D eigenvalue weighted by molar-refractivity contribution is 6.31. The molecule has 0 bridgehead atoms. The Morgan fingerprint density at radius 2 is 2.27 bits per heavy atom. The van der Waals surface area contributed by atoms with E-state index in [1.54, 1.807) is 25.1 Å². The number of halogens is 1. The normalized spacial score (nSPS) is 19.1. The molecule has 1 aliphatic carbocycles. The summed E-state index contributed by atoms with van der Waals surface area (Å²) in [5, 5.41) is 0.617. The van der Waals surface area contributed by atoms with Gasteiger partial charge in [-0.1, -0.05) is 18.5 Å². The molecular weight excluding hydrogens is 212 g/mol. The molecule has 1 aromatic carbocycles. The van der Waals surface area contributed by atoms with Crippen LogP contribution in [-0.4, -0.2) is 11.6 Å². The molecule has 0 radical (unpaired) electrons. The van der Waals surface area contributed by atoms with Crippen LogP contribution in [0.4, 0.5) is 0 Å². The van der Waals surface area contributed by atoms with Crippen LogP contribution >= 0.6 is 11.6 Å². The third-order valence-electron chi connectivity index (χ3n) is 2.81. The van der Waals surface area contributed by atoms with E-state index in [0.29, 0.717) is 23.4 Å². The minimum absolute atomic E-state index is 0.0207. The Morgan fingerprint density at radius 1 is 1.53 bits per heavy atom. The van der Waals surface area contributed by atoms with E-state index >= 15 is 0 Å². The van der Waals surface area contributed by atoms with Gasteiger partial charge in [0, 0.05) is 17.0 Å². The van der Waals surface area contributed by atoms with Crippen molar-refractivity contribution >= 4 is 23.2 Å². The fourth-order valence-corrected chi connectivity index (χ4v) is 2.17. The number of hydrogen-bond donors (Lipinski definition) is 0. The average molecular weight is 223 g/mol. The molecule has 1 atom stereocenters. The van der Waals surface area contributed by atoms with Crippen molar-refractivity contribution in [2.45, 2.75) is 19.8 Å². The van der Waals surface area contributed by atoms with Crippen molar-refractivity contribution in [3.8, 4) is 0 Å². The topological polar surface area (TPSA) is 34.1 Å². The molecule has 3 heteroatoms. The highest BCUT2D eigenvalue weighted by Gasteiger charge is 2.34. The second-order valence-corrected chi connectivity index (χ2v) is 4.18. The molecule has 15 heavy (non-hydrogen) atoms. The predicted molar refractivity (Wildman–Crippen MR) is 58.3 cm³/mol. The summed E-state index contributed by atoms with van der Waals surface area (Å²) < 4.78 is 0. The minimum atomic E-state index is -0.469. The maximum atomic E-state index is 11.8. The van der Waals surface area contributed by atoms with Crippen molar-refractivity contribution < 1.29 is 9.59 Å². The summed E-state index contributed by atoms with van der Waals surface area (Å²) in [5.74, 6) is -0.496. The largest absolute Gasteiger partial charge is 0.299 e. The third-order valence-corrected chi connectivity index (χ3v) is 3.05. The molecule has 2 rings (SSSR count). The molecule has 0 heterocycles. The number of rotatable bonds is 2. The molecule has 0 aliphatic heterocycles. The van der Waals surface area contributed by atoms with Crippen LogP contribution in [0.25, 0.3) is 0 Å². The Kier molecular flexibility index (Phi) is 2.61. The van der Waals surface area contributed by atoms with E-state index in [4.69, 9.17) is 11.6 Å². The molecule has 0 aromatic heterocycles. The molecule has 78 valence electrons. The highest BCUT2D eigenvalue weighted by atomic mass is 35.5. The van der Waals surface area contributed by atoms with E-state index in [-0.39, 0.29) is 11.6 Å². The van der Waals surface area contributed by atoms with Crippen molar-refractivity contribution in [2.75, 3.05) is 0 Å². The summed E-state index contributed by atoms with van der Waals surface area (Å²) in [7, 11) is 0. The van der Waals surface area contributed by atoms with E-state index in [2.05, 4.69) is 0 Å². The highest BCUT2D eigenvalue weighted by Crippen LogP contribution is 2.29. The molecule has 0 fully saturated rings. The Labute approximate surface area is 93.2 Å². The molecule has 1 unspecified atom stereocenters. The first-order valence-electron chi connectivity index (χ1n) is 4.99. The van der Waals surface area contributed by atoms with Gasteiger partial charge >= 0.3 is 0 Å². The predicted octanol–water partition coefficient (Wildman–Crippen LogP) is 2.67. The lowest BCUT2D eigenvalue weighted by Crippen LogP contribution is -2.19. The summed E-state index contributed by atoms with van der Waals surface area (Å²) in [5.41, 5.74) is 1.56. The molecule has 0 saturated heterocycles. The number of benzene rings is 1. The zero-order valence-corrected chi connectivity index (χ0v) is 9.17. The van der Waals surface area contributed by atoms with Crippen LogP contribution in [0.2, 0.25) is 5.02 Å². The number of Topliss-reactive ketones (excluding diaryl/α,β-unsaturated/α-hetero) is 2. The molecule has 0 amide bonds. The zero-order chi connectivity index (χ0) is 11.0. The summed E-state index contributed by atoms with van der Waals surface area (Å²) >= 11 is 5.84. The molecule has 0 spiro atoms. The minimum Gasteiger partial charge on any atom is -0.299 e. The summed E-state index contributed by atoms with van der Waals surface area (Å²) in [6, 6.07) is 5.18. The lowest BCUT2D eigenvalue weighted by atomic mass is 9.98. The lowest BCUT2D eigenvalue weighted by molar-refractivity contribution is -0.121. The Hall–Kier alpha value is -1.15.